The molecule has 1 heterocycles. The molecule has 0 fully saturated rings. The number of carbonyl (C=O) groups excluding carboxylic acids is 1. The van der Waals surface area contributed by atoms with Gasteiger partial charge in [-0.1, -0.05) is 39.0 Å². The van der Waals surface area contributed by atoms with Crippen molar-refractivity contribution in [2.75, 3.05) is 22.0 Å². The van der Waals surface area contributed by atoms with Gasteiger partial charge in [-0.15, -0.1) is 0 Å². The van der Waals surface area contributed by atoms with Crippen LogP contribution in [0.1, 0.15) is 43.2 Å². The number of halogens is 2. The molecular weight excluding hydrogens is 588 g/mol. The van der Waals surface area contributed by atoms with Crippen molar-refractivity contribution in [3.05, 3.63) is 94.8 Å². The van der Waals surface area contributed by atoms with Gasteiger partial charge in [-0.2, -0.15) is 0 Å². The minimum absolute atomic E-state index is 0.0404. The Labute approximate surface area is 245 Å². The molecule has 2 aromatic carbocycles. The van der Waals surface area contributed by atoms with E-state index in [9.17, 15) is 30.4 Å². The molecule has 5 N–H and O–H groups in total. The normalized spacial score (nSPS) is 11.9. The number of rotatable bonds is 9. The zero-order chi connectivity index (χ0) is 31.7. The maximum absolute atomic E-state index is 13.9. The van der Waals surface area contributed by atoms with Crippen molar-refractivity contribution in [3.8, 4) is 0 Å². The van der Waals surface area contributed by atoms with E-state index in [2.05, 4.69) is 40.5 Å². The molecular formula is C28H35F2N5O5S2. The lowest BCUT2D eigenvalue weighted by molar-refractivity contribution is -0.116. The molecule has 0 saturated heterocycles. The molecule has 14 heteroatoms. The Morgan fingerprint density at radius 1 is 0.881 bits per heavy atom. The van der Waals surface area contributed by atoms with Crippen LogP contribution >= 0.6 is 0 Å². The van der Waals surface area contributed by atoms with E-state index in [0.29, 0.717) is 11.1 Å². The fourth-order valence-electron chi connectivity index (χ4n) is 3.29. The highest BCUT2D eigenvalue weighted by atomic mass is 32.2. The van der Waals surface area contributed by atoms with Crippen LogP contribution in [0.2, 0.25) is 0 Å². The van der Waals surface area contributed by atoms with Crippen molar-refractivity contribution in [1.29, 1.82) is 0 Å². The molecule has 0 unspecified atom stereocenters. The lowest BCUT2D eigenvalue weighted by atomic mass is 9.91. The molecule has 3 rings (SSSR count). The molecule has 1 amide bonds. The monoisotopic (exact) mass is 623 g/mol. The lowest BCUT2D eigenvalue weighted by Crippen LogP contribution is -2.20. The Balaban J connectivity index is 0.000000369. The Kier molecular flexibility index (Phi) is 11.7. The van der Waals surface area contributed by atoms with E-state index in [4.69, 9.17) is 5.73 Å². The van der Waals surface area contributed by atoms with Gasteiger partial charge in [0, 0.05) is 36.5 Å². The molecule has 1 aromatic heterocycles. The van der Waals surface area contributed by atoms with Crippen LogP contribution < -0.4 is 20.5 Å². The van der Waals surface area contributed by atoms with Crippen molar-refractivity contribution >= 4 is 43.4 Å². The first kappa shape index (κ1) is 34.3. The predicted molar refractivity (Wildman–Crippen MR) is 161 cm³/mol. The summed E-state index contributed by atoms with van der Waals surface area (Å²) in [5.74, 6) is -1.67. The van der Waals surface area contributed by atoms with Crippen LogP contribution in [0.5, 0.6) is 0 Å². The first-order valence-electron chi connectivity index (χ1n) is 12.5. The van der Waals surface area contributed by atoms with Crippen LogP contribution in [-0.4, -0.2) is 40.2 Å². The van der Waals surface area contributed by atoms with Crippen LogP contribution in [0.3, 0.4) is 0 Å². The molecule has 228 valence electrons. The number of pyridine rings is 1. The van der Waals surface area contributed by atoms with Gasteiger partial charge in [0.15, 0.2) is 0 Å². The Hall–Kier alpha value is -3.88. The third kappa shape index (κ3) is 12.3. The van der Waals surface area contributed by atoms with Crippen molar-refractivity contribution in [2.45, 2.75) is 39.3 Å². The molecule has 3 aromatic rings. The van der Waals surface area contributed by atoms with Crippen molar-refractivity contribution in [2.24, 2.45) is 5.73 Å². The number of hydrogen-bond donors (Lipinski definition) is 4. The third-order valence-corrected chi connectivity index (χ3v) is 6.52. The average Bonchev–Trinajstić information content (AvgIpc) is 2.87. The van der Waals surface area contributed by atoms with E-state index in [1.54, 1.807) is 18.3 Å². The number of carbonyl (C=O) groups is 1. The molecule has 0 saturated carbocycles. The second-order valence-electron chi connectivity index (χ2n) is 10.4. The molecule has 10 nitrogen and oxygen atoms in total. The van der Waals surface area contributed by atoms with Crippen molar-refractivity contribution < 1.29 is 30.4 Å². The molecule has 0 aliphatic heterocycles. The van der Waals surface area contributed by atoms with Gasteiger partial charge in [-0.25, -0.2) is 25.6 Å². The highest BCUT2D eigenvalue weighted by molar-refractivity contribution is 7.92. The standard InChI is InChI=1S/C20H24FN3O3S.C8H11FN2O2S/c1-20(2,3)18-9-6-14(12-22-18)7-10-19(25)23-13-15-5-8-17(16(21)11-15)24-28(4,26)27;1-14(12,13)11-8-3-2-6(5-10)4-7(8)9/h5-12,24H,13H2,1-4H3,(H,23,25);2-4,11H,5,10H2,1H3/b10-7+;. The topological polar surface area (TPSA) is 160 Å². The number of nitrogens with zero attached hydrogens (tertiary/aromatic N) is 1. The zero-order valence-electron chi connectivity index (χ0n) is 23.9. The fourth-order valence-corrected chi connectivity index (χ4v) is 4.42. The van der Waals surface area contributed by atoms with Gasteiger partial charge in [0.25, 0.3) is 0 Å². The van der Waals surface area contributed by atoms with Crippen LogP contribution in [-0.2, 0) is 43.3 Å². The van der Waals surface area contributed by atoms with Gasteiger partial charge in [0.05, 0.1) is 23.9 Å². The second kappa shape index (κ2) is 14.3. The van der Waals surface area contributed by atoms with Crippen LogP contribution in [0.15, 0.2) is 60.8 Å². The van der Waals surface area contributed by atoms with E-state index in [1.807, 2.05) is 12.1 Å². The van der Waals surface area contributed by atoms with Crippen LogP contribution in [0.4, 0.5) is 20.2 Å². The SMILES string of the molecule is CC(C)(C)c1ccc(/C=C/C(=O)NCc2ccc(NS(C)(=O)=O)c(F)c2)cn1.CS(=O)(=O)Nc1ccc(CN)cc1F. The molecule has 0 aliphatic carbocycles. The first-order chi connectivity index (χ1) is 19.4. The second-order valence-corrected chi connectivity index (χ2v) is 13.9. The van der Waals surface area contributed by atoms with Crippen molar-refractivity contribution in [1.82, 2.24) is 10.3 Å². The molecule has 0 bridgehead atoms. The predicted octanol–water partition coefficient (Wildman–Crippen LogP) is 3.88. The molecule has 0 aliphatic rings. The highest BCUT2D eigenvalue weighted by Crippen LogP contribution is 2.20. The first-order valence-corrected chi connectivity index (χ1v) is 16.3. The summed E-state index contributed by atoms with van der Waals surface area (Å²) in [4.78, 5) is 16.3. The fraction of sp³-hybridized carbons (Fsp3) is 0.286. The summed E-state index contributed by atoms with van der Waals surface area (Å²) < 4.78 is 75.2. The lowest BCUT2D eigenvalue weighted by Gasteiger charge is -2.17. The largest absolute Gasteiger partial charge is 0.348 e. The maximum Gasteiger partial charge on any atom is 0.244 e. The number of aromatic nitrogens is 1. The number of nitrogens with one attached hydrogen (secondary N) is 3. The number of anilines is 2. The summed E-state index contributed by atoms with van der Waals surface area (Å²) >= 11 is 0. The van der Waals surface area contributed by atoms with Crippen molar-refractivity contribution in [3.63, 3.8) is 0 Å². The summed E-state index contributed by atoms with van der Waals surface area (Å²) in [6.45, 7) is 6.55. The summed E-state index contributed by atoms with van der Waals surface area (Å²) in [7, 11) is -7.00. The molecule has 42 heavy (non-hydrogen) atoms. The van der Waals surface area contributed by atoms with Gasteiger partial charge in [-0.05, 0) is 53.1 Å². The average molecular weight is 624 g/mol. The van der Waals surface area contributed by atoms with Gasteiger partial charge in [0.2, 0.25) is 26.0 Å². The Bertz CT molecular complexity index is 1640. The number of sulfonamides is 2. The number of nitrogens with two attached hydrogens (primary N) is 1. The summed E-state index contributed by atoms with van der Waals surface area (Å²) in [6, 6.07) is 12.0. The maximum atomic E-state index is 13.9. The quantitative estimate of drug-likeness (QED) is 0.263. The minimum Gasteiger partial charge on any atom is -0.348 e. The van der Waals surface area contributed by atoms with Crippen LogP contribution in [0.25, 0.3) is 6.08 Å². The van der Waals surface area contributed by atoms with E-state index in [1.165, 1.54) is 36.4 Å². The van der Waals surface area contributed by atoms with Crippen LogP contribution in [0, 0.1) is 11.6 Å². The third-order valence-electron chi connectivity index (χ3n) is 5.34. The number of amides is 1. The number of hydrogen-bond acceptors (Lipinski definition) is 7. The van der Waals surface area contributed by atoms with Gasteiger partial charge < -0.3 is 11.1 Å². The van der Waals surface area contributed by atoms with Gasteiger partial charge >= 0.3 is 0 Å². The van der Waals surface area contributed by atoms with E-state index in [-0.39, 0.29) is 35.8 Å². The van der Waals surface area contributed by atoms with Gasteiger partial charge in [0.1, 0.15) is 11.6 Å². The minimum atomic E-state index is -3.56. The highest BCUT2D eigenvalue weighted by Gasteiger charge is 2.14. The molecule has 0 atom stereocenters. The Morgan fingerprint density at radius 3 is 1.83 bits per heavy atom. The van der Waals surface area contributed by atoms with E-state index >= 15 is 0 Å². The van der Waals surface area contributed by atoms with E-state index < -0.39 is 31.7 Å². The summed E-state index contributed by atoms with van der Waals surface area (Å²) in [6.07, 6.45) is 6.63. The summed E-state index contributed by atoms with van der Waals surface area (Å²) in [5, 5.41) is 2.65. The van der Waals surface area contributed by atoms with Gasteiger partial charge in [-0.3, -0.25) is 19.2 Å². The molecule has 0 spiro atoms. The zero-order valence-corrected chi connectivity index (χ0v) is 25.5. The number of benzene rings is 2. The van der Waals surface area contributed by atoms with E-state index in [0.717, 1.165) is 23.8 Å². The Morgan fingerprint density at radius 2 is 1.40 bits per heavy atom. The smallest absolute Gasteiger partial charge is 0.244 e. The molecule has 0 radical (unpaired) electrons. The summed E-state index contributed by atoms with van der Waals surface area (Å²) in [5.41, 5.74) is 7.93.